The summed E-state index contributed by atoms with van der Waals surface area (Å²) in [7, 11) is 1.51. The van der Waals surface area contributed by atoms with Crippen LogP contribution in [0.5, 0.6) is 0 Å². The second-order valence-corrected chi connectivity index (χ2v) is 8.25. The van der Waals surface area contributed by atoms with Gasteiger partial charge in [-0.05, 0) is 18.3 Å². The van der Waals surface area contributed by atoms with Gasteiger partial charge in [0.15, 0.2) is 0 Å². The molecule has 32 heavy (non-hydrogen) atoms. The van der Waals surface area contributed by atoms with E-state index in [0.717, 1.165) is 18.1 Å². The van der Waals surface area contributed by atoms with Crippen LogP contribution in [0.1, 0.15) is 96.7 Å². The van der Waals surface area contributed by atoms with Crippen LogP contribution in [0.4, 0.5) is 0 Å². The summed E-state index contributed by atoms with van der Waals surface area (Å²) in [6, 6.07) is -0.685. The molecule has 0 saturated carbocycles. The summed E-state index contributed by atoms with van der Waals surface area (Å²) in [5, 5.41) is 2.52. The molecule has 1 aromatic rings. The van der Waals surface area contributed by atoms with Gasteiger partial charge >= 0.3 is 58.2 Å². The Morgan fingerprint density at radius 2 is 1.72 bits per heavy atom. The van der Waals surface area contributed by atoms with Crippen LogP contribution in [0.25, 0.3) is 12.2 Å². The smallest absolute Gasteiger partial charge is 0.391 e. The minimum atomic E-state index is -0.685. The molecular weight excluding hydrogens is 474 g/mol. The van der Waals surface area contributed by atoms with Crippen LogP contribution in [0.15, 0.2) is 23.6 Å². The SMILES string of the molecule is C=Cc1c(/C=C\C)[cH-]n(C(CCC=O)C(=O)NC)c1=O.CCC(C)CCCC(C)CC.[Rb+]. The number of nitrogens with one attached hydrogen (secondary N) is 1. The van der Waals surface area contributed by atoms with Crippen molar-refractivity contribution in [2.45, 2.75) is 85.6 Å². The van der Waals surface area contributed by atoms with Crippen LogP contribution in [0, 0.1) is 11.8 Å². The van der Waals surface area contributed by atoms with Gasteiger partial charge in [-0.25, -0.2) is 0 Å². The molecule has 5 nitrogen and oxygen atoms in total. The normalized spacial score (nSPS) is 13.3. The molecule has 0 radical (unpaired) electrons. The molecule has 1 N–H and O–H groups in total. The first-order valence-electron chi connectivity index (χ1n) is 11.6. The van der Waals surface area contributed by atoms with E-state index in [0.29, 0.717) is 17.5 Å². The Bertz CT molecular complexity index is 739. The first-order chi connectivity index (χ1) is 14.8. The van der Waals surface area contributed by atoms with Crippen LogP contribution in [0.3, 0.4) is 0 Å². The van der Waals surface area contributed by atoms with Crippen LogP contribution in [-0.2, 0) is 9.59 Å². The zero-order valence-electron chi connectivity index (χ0n) is 21.4. The van der Waals surface area contributed by atoms with Crippen LogP contribution < -0.4 is 69.1 Å². The molecule has 0 fully saturated rings. The van der Waals surface area contributed by atoms with Crippen molar-refractivity contribution in [3.63, 3.8) is 0 Å². The van der Waals surface area contributed by atoms with Crippen molar-refractivity contribution in [3.05, 3.63) is 40.3 Å². The van der Waals surface area contributed by atoms with Crippen LogP contribution >= 0.6 is 0 Å². The van der Waals surface area contributed by atoms with Crippen molar-refractivity contribution in [2.75, 3.05) is 7.05 Å². The number of aromatic nitrogens is 1. The number of amides is 1. The molecule has 1 aromatic heterocycles. The topological polar surface area (TPSA) is 68.2 Å². The molecule has 0 saturated heterocycles. The number of carbonyl (C=O) groups is 2. The van der Waals surface area contributed by atoms with E-state index in [1.54, 1.807) is 12.3 Å². The van der Waals surface area contributed by atoms with E-state index in [2.05, 4.69) is 39.6 Å². The van der Waals surface area contributed by atoms with Crippen LogP contribution in [0.2, 0.25) is 0 Å². The summed E-state index contributed by atoms with van der Waals surface area (Å²) in [5.41, 5.74) is 0.906. The predicted octanol–water partition coefficient (Wildman–Crippen LogP) is 2.76. The third-order valence-corrected chi connectivity index (χ3v) is 5.83. The monoisotopic (exact) mass is 516 g/mol. The molecule has 3 atom stereocenters. The van der Waals surface area contributed by atoms with E-state index >= 15 is 0 Å². The number of hydrogen-bond donors (Lipinski definition) is 1. The quantitative estimate of drug-likeness (QED) is 0.324. The van der Waals surface area contributed by atoms with Crippen molar-refractivity contribution in [1.82, 2.24) is 9.88 Å². The average Bonchev–Trinajstić information content (AvgIpc) is 3.08. The predicted molar refractivity (Wildman–Crippen MR) is 132 cm³/mol. The Balaban J connectivity index is 0. The average molecular weight is 517 g/mol. The van der Waals surface area contributed by atoms with Crippen molar-refractivity contribution >= 4 is 24.3 Å². The second-order valence-electron chi connectivity index (χ2n) is 8.25. The van der Waals surface area contributed by atoms with Crippen molar-refractivity contribution in [1.29, 1.82) is 0 Å². The first-order valence-corrected chi connectivity index (χ1v) is 11.6. The van der Waals surface area contributed by atoms with Crippen LogP contribution in [-0.4, -0.2) is 23.8 Å². The maximum Gasteiger partial charge on any atom is 1.00 e. The summed E-state index contributed by atoms with van der Waals surface area (Å²) in [5.74, 6) is 1.60. The molecule has 0 spiro atoms. The summed E-state index contributed by atoms with van der Waals surface area (Å²) in [6.45, 7) is 14.8. The number of likely N-dealkylation sites (N-methyl/N-ethyl adjacent to an activating group) is 1. The molecule has 6 heteroatoms. The zero-order valence-corrected chi connectivity index (χ0v) is 26.4. The number of carbonyl (C=O) groups excluding carboxylic acids is 2. The van der Waals surface area contributed by atoms with E-state index in [1.807, 2.05) is 13.0 Å². The Hall–Kier alpha value is -0.495. The minimum absolute atomic E-state index is 0. The molecule has 1 amide bonds. The van der Waals surface area contributed by atoms with Gasteiger partial charge in [-0.3, -0.25) is 4.79 Å². The molecule has 0 aliphatic heterocycles. The van der Waals surface area contributed by atoms with Gasteiger partial charge in [0.25, 0.3) is 0 Å². The summed E-state index contributed by atoms with van der Waals surface area (Å²) in [4.78, 5) is 34.7. The van der Waals surface area contributed by atoms with E-state index in [4.69, 9.17) is 0 Å². The summed E-state index contributed by atoms with van der Waals surface area (Å²) >= 11 is 0. The van der Waals surface area contributed by atoms with Crippen molar-refractivity contribution in [3.8, 4) is 0 Å². The maximum absolute atomic E-state index is 12.3. The van der Waals surface area contributed by atoms with Gasteiger partial charge in [-0.1, -0.05) is 78.5 Å². The molecule has 0 aromatic carbocycles. The van der Waals surface area contributed by atoms with Gasteiger partial charge in [-0.2, -0.15) is 0 Å². The Labute approximate surface area is 244 Å². The van der Waals surface area contributed by atoms with E-state index in [-0.39, 0.29) is 76.1 Å². The van der Waals surface area contributed by atoms with Gasteiger partial charge in [0.2, 0.25) is 5.91 Å². The summed E-state index contributed by atoms with van der Waals surface area (Å²) < 4.78 is 1.37. The molecule has 176 valence electrons. The minimum Gasteiger partial charge on any atom is -0.391 e. The maximum atomic E-state index is 12.3. The van der Waals surface area contributed by atoms with Gasteiger partial charge in [0.1, 0.15) is 11.8 Å². The molecule has 0 bridgehead atoms. The van der Waals surface area contributed by atoms with Gasteiger partial charge in [0, 0.05) is 13.5 Å². The molecule has 1 heterocycles. The Morgan fingerprint density at radius 3 is 2.12 bits per heavy atom. The molecular formula is C26H43N2O3Rb. The standard InChI is InChI=1S/C15H19N2O3.C11H24.Rb/c1-4-7-11-10-17(15(20)12(11)5-2)13(8-6-9-18)14(19)16-3;1-5-10(3)8-7-9-11(4)6-2;/h4-5,7,9-10,13H,2,6,8H2,1,3H3,(H,16,19);10-11H,5-9H2,1-4H3;/q-1;;+1/b7-4-;;. The Kier molecular flexibility index (Phi) is 21.0. The molecule has 0 aliphatic carbocycles. The van der Waals surface area contributed by atoms with E-state index < -0.39 is 6.04 Å². The van der Waals surface area contributed by atoms with Gasteiger partial charge in [-0.15, -0.1) is 30.4 Å². The van der Waals surface area contributed by atoms with Gasteiger partial charge in [0.05, 0.1) is 6.04 Å². The van der Waals surface area contributed by atoms with Gasteiger partial charge < -0.3 is 19.5 Å². The number of aldehydes is 1. The first kappa shape index (κ1) is 33.7. The van der Waals surface area contributed by atoms with E-state index in [1.165, 1.54) is 49.8 Å². The molecule has 0 aliphatic rings. The fourth-order valence-corrected chi connectivity index (χ4v) is 3.30. The third kappa shape index (κ3) is 12.1. The number of allylic oxidation sites excluding steroid dienone is 1. The van der Waals surface area contributed by atoms with E-state index in [9.17, 15) is 14.4 Å². The third-order valence-electron chi connectivity index (χ3n) is 5.83. The van der Waals surface area contributed by atoms with Crippen molar-refractivity contribution < 1.29 is 67.8 Å². The largest absolute Gasteiger partial charge is 1.00 e. The number of nitrogens with zero attached hydrogens (tertiary/aromatic N) is 1. The fraction of sp³-hybridized carbons (Fsp3) is 0.615. The molecule has 1 rings (SSSR count). The number of hydrogen-bond acceptors (Lipinski definition) is 3. The van der Waals surface area contributed by atoms with Crippen molar-refractivity contribution in [2.24, 2.45) is 11.8 Å². The fourth-order valence-electron chi connectivity index (χ4n) is 3.30. The number of rotatable bonds is 13. The Morgan fingerprint density at radius 1 is 1.16 bits per heavy atom. The molecule has 3 unspecified atom stereocenters. The second kappa shape index (κ2) is 19.9. The summed E-state index contributed by atoms with van der Waals surface area (Å²) in [6.07, 6.45) is 15.0. The zero-order chi connectivity index (χ0) is 23.8.